The second kappa shape index (κ2) is 8.13. The fourth-order valence-corrected chi connectivity index (χ4v) is 3.40. The molecule has 6 nitrogen and oxygen atoms in total. The largest absolute Gasteiger partial charge is 0.492 e. The minimum atomic E-state index is 0.614. The molecule has 25 heavy (non-hydrogen) atoms. The molecule has 1 atom stereocenters. The van der Waals surface area contributed by atoms with Gasteiger partial charge in [0.25, 0.3) is 0 Å². The van der Waals surface area contributed by atoms with Crippen LogP contribution in [-0.2, 0) is 6.54 Å². The van der Waals surface area contributed by atoms with Crippen molar-refractivity contribution in [2.75, 3.05) is 26.2 Å². The van der Waals surface area contributed by atoms with Gasteiger partial charge in [0.2, 0.25) is 0 Å². The molecule has 1 saturated heterocycles. The van der Waals surface area contributed by atoms with Crippen LogP contribution in [0.3, 0.4) is 0 Å². The number of likely N-dealkylation sites (tertiary alicyclic amines) is 1. The van der Waals surface area contributed by atoms with Gasteiger partial charge in [-0.1, -0.05) is 0 Å². The van der Waals surface area contributed by atoms with E-state index < -0.39 is 0 Å². The number of nitrogens with zero attached hydrogens (tertiary/aromatic N) is 5. The maximum absolute atomic E-state index is 8.82. The molecule has 1 aromatic heterocycles. The maximum Gasteiger partial charge on any atom is 0.147 e. The zero-order chi connectivity index (χ0) is 17.6. The van der Waals surface area contributed by atoms with Gasteiger partial charge in [-0.25, -0.2) is 9.67 Å². The predicted molar refractivity (Wildman–Crippen MR) is 95.3 cm³/mol. The van der Waals surface area contributed by atoms with Crippen molar-refractivity contribution in [1.29, 1.82) is 5.26 Å². The van der Waals surface area contributed by atoms with Crippen LogP contribution in [0.15, 0.2) is 24.3 Å². The first-order chi connectivity index (χ1) is 12.1. The summed E-state index contributed by atoms with van der Waals surface area (Å²) >= 11 is 0. The lowest BCUT2D eigenvalue weighted by Crippen LogP contribution is -2.39. The first-order valence-corrected chi connectivity index (χ1v) is 8.87. The van der Waals surface area contributed by atoms with Crippen molar-refractivity contribution >= 4 is 0 Å². The predicted octanol–water partition coefficient (Wildman–Crippen LogP) is 2.56. The van der Waals surface area contributed by atoms with Crippen molar-refractivity contribution in [3.05, 3.63) is 41.5 Å². The third-order valence-corrected chi connectivity index (χ3v) is 4.66. The molecule has 3 rings (SSSR count). The van der Waals surface area contributed by atoms with Crippen LogP contribution in [0.4, 0.5) is 0 Å². The van der Waals surface area contributed by atoms with Gasteiger partial charge in [-0.15, -0.1) is 0 Å². The van der Waals surface area contributed by atoms with Gasteiger partial charge in [0.1, 0.15) is 24.0 Å². The van der Waals surface area contributed by atoms with Gasteiger partial charge in [-0.3, -0.25) is 4.90 Å². The van der Waals surface area contributed by atoms with Crippen LogP contribution in [-0.4, -0.2) is 45.9 Å². The highest BCUT2D eigenvalue weighted by molar-refractivity contribution is 5.34. The van der Waals surface area contributed by atoms with Gasteiger partial charge in [0.15, 0.2) is 0 Å². The lowest BCUT2D eigenvalue weighted by Gasteiger charge is -2.32. The number of piperidine rings is 1. The van der Waals surface area contributed by atoms with Crippen molar-refractivity contribution in [2.45, 2.75) is 33.2 Å². The van der Waals surface area contributed by atoms with Crippen LogP contribution < -0.4 is 4.74 Å². The Morgan fingerprint density at radius 3 is 2.76 bits per heavy atom. The molecule has 0 aliphatic carbocycles. The van der Waals surface area contributed by atoms with Crippen molar-refractivity contribution in [3.63, 3.8) is 0 Å². The van der Waals surface area contributed by atoms with Crippen LogP contribution >= 0.6 is 0 Å². The SMILES string of the molecule is Cc1nc(C)n(C[C@@H]2CCCN(CCOc3ccc(C#N)cc3)C2)n1. The fraction of sp³-hybridized carbons (Fsp3) is 0.526. The summed E-state index contributed by atoms with van der Waals surface area (Å²) in [5.74, 6) is 3.28. The summed E-state index contributed by atoms with van der Waals surface area (Å²) in [4.78, 5) is 6.86. The summed E-state index contributed by atoms with van der Waals surface area (Å²) in [7, 11) is 0. The highest BCUT2D eigenvalue weighted by Gasteiger charge is 2.21. The zero-order valence-electron chi connectivity index (χ0n) is 15.0. The zero-order valence-corrected chi connectivity index (χ0v) is 15.0. The van der Waals surface area contributed by atoms with Crippen LogP contribution in [0.25, 0.3) is 0 Å². The van der Waals surface area contributed by atoms with E-state index in [1.54, 1.807) is 12.1 Å². The van der Waals surface area contributed by atoms with E-state index in [2.05, 4.69) is 21.1 Å². The topological polar surface area (TPSA) is 67.0 Å². The molecular formula is C19H25N5O. The number of ether oxygens (including phenoxy) is 1. The Bertz CT molecular complexity index is 731. The lowest BCUT2D eigenvalue weighted by molar-refractivity contribution is 0.136. The number of benzene rings is 1. The Balaban J connectivity index is 1.45. The van der Waals surface area contributed by atoms with Gasteiger partial charge in [0, 0.05) is 19.6 Å². The maximum atomic E-state index is 8.82. The molecule has 2 aromatic rings. The minimum absolute atomic E-state index is 0.614. The second-order valence-electron chi connectivity index (χ2n) is 6.68. The molecule has 1 aromatic carbocycles. The van der Waals surface area contributed by atoms with Gasteiger partial charge < -0.3 is 4.74 Å². The summed E-state index contributed by atoms with van der Waals surface area (Å²) in [6, 6.07) is 9.40. The number of hydrogen-bond donors (Lipinski definition) is 0. The average molecular weight is 339 g/mol. The molecule has 6 heteroatoms. The summed E-state index contributed by atoms with van der Waals surface area (Å²) in [5.41, 5.74) is 0.657. The van der Waals surface area contributed by atoms with E-state index in [1.165, 1.54) is 12.8 Å². The number of nitriles is 1. The van der Waals surface area contributed by atoms with E-state index in [9.17, 15) is 0 Å². The quantitative estimate of drug-likeness (QED) is 0.809. The summed E-state index contributed by atoms with van der Waals surface area (Å²) in [6.07, 6.45) is 2.46. The molecule has 1 aliphatic heterocycles. The molecule has 0 saturated carbocycles. The molecule has 0 N–H and O–H groups in total. The third kappa shape index (κ3) is 4.80. The molecule has 0 bridgehead atoms. The van der Waals surface area contributed by atoms with E-state index in [0.717, 1.165) is 43.6 Å². The Labute approximate surface area is 149 Å². The normalized spacial score (nSPS) is 18.0. The Kier molecular flexibility index (Phi) is 5.67. The van der Waals surface area contributed by atoms with E-state index in [-0.39, 0.29) is 0 Å². The van der Waals surface area contributed by atoms with E-state index in [0.29, 0.717) is 18.1 Å². The van der Waals surface area contributed by atoms with Gasteiger partial charge in [-0.2, -0.15) is 10.4 Å². The molecule has 132 valence electrons. The van der Waals surface area contributed by atoms with Crippen LogP contribution in [0.2, 0.25) is 0 Å². The molecule has 1 fully saturated rings. The van der Waals surface area contributed by atoms with Crippen molar-refractivity contribution in [1.82, 2.24) is 19.7 Å². The molecule has 0 spiro atoms. The average Bonchev–Trinajstić information content (AvgIpc) is 2.93. The fourth-order valence-electron chi connectivity index (χ4n) is 3.40. The van der Waals surface area contributed by atoms with Crippen molar-refractivity contribution < 1.29 is 4.74 Å². The van der Waals surface area contributed by atoms with E-state index >= 15 is 0 Å². The molecule has 1 aliphatic rings. The van der Waals surface area contributed by atoms with Crippen molar-refractivity contribution in [2.24, 2.45) is 5.92 Å². The molecule has 0 amide bonds. The second-order valence-corrected chi connectivity index (χ2v) is 6.68. The van der Waals surface area contributed by atoms with Crippen LogP contribution in [0.5, 0.6) is 5.75 Å². The van der Waals surface area contributed by atoms with E-state index in [1.807, 2.05) is 30.7 Å². The minimum Gasteiger partial charge on any atom is -0.492 e. The molecular weight excluding hydrogens is 314 g/mol. The molecule has 2 heterocycles. The standard InChI is InChI=1S/C19H25N5O/c1-15-21-16(2)24(22-15)14-18-4-3-9-23(13-18)10-11-25-19-7-5-17(12-20)6-8-19/h5-8,18H,3-4,9-11,13-14H2,1-2H3/t18-/m1/s1. The Hall–Kier alpha value is -2.39. The van der Waals surface area contributed by atoms with Crippen molar-refractivity contribution in [3.8, 4) is 11.8 Å². The highest BCUT2D eigenvalue weighted by atomic mass is 16.5. The monoisotopic (exact) mass is 339 g/mol. The molecule has 0 radical (unpaired) electrons. The summed E-state index contributed by atoms with van der Waals surface area (Å²) < 4.78 is 7.84. The summed E-state index contributed by atoms with van der Waals surface area (Å²) in [5, 5.41) is 13.3. The number of aryl methyl sites for hydroxylation is 2. The van der Waals surface area contributed by atoms with Gasteiger partial charge >= 0.3 is 0 Å². The van der Waals surface area contributed by atoms with Gasteiger partial charge in [-0.05, 0) is 63.4 Å². The van der Waals surface area contributed by atoms with Crippen LogP contribution in [0, 0.1) is 31.1 Å². The smallest absolute Gasteiger partial charge is 0.147 e. The molecule has 0 unspecified atom stereocenters. The Morgan fingerprint density at radius 2 is 2.08 bits per heavy atom. The first-order valence-electron chi connectivity index (χ1n) is 8.87. The Morgan fingerprint density at radius 1 is 1.28 bits per heavy atom. The summed E-state index contributed by atoms with van der Waals surface area (Å²) in [6.45, 7) is 8.70. The first kappa shape index (κ1) is 17.4. The lowest BCUT2D eigenvalue weighted by atomic mass is 9.98. The number of aromatic nitrogens is 3. The number of rotatable bonds is 6. The van der Waals surface area contributed by atoms with E-state index in [4.69, 9.17) is 10.00 Å². The number of hydrogen-bond acceptors (Lipinski definition) is 5. The third-order valence-electron chi connectivity index (χ3n) is 4.66. The van der Waals surface area contributed by atoms with Gasteiger partial charge in [0.05, 0.1) is 11.6 Å². The highest BCUT2D eigenvalue weighted by Crippen LogP contribution is 2.19. The van der Waals surface area contributed by atoms with Crippen LogP contribution in [0.1, 0.15) is 30.1 Å².